The normalized spacial score (nSPS) is 21.5. The number of alkyl halides is 2. The molecule has 0 aromatic heterocycles. The molecule has 1 N–H and O–H groups in total. The Morgan fingerprint density at radius 3 is 2.48 bits per heavy atom. The van der Waals surface area contributed by atoms with Gasteiger partial charge in [0, 0.05) is 19.5 Å². The number of carboxylic acid groups (broad SMARTS) is 1. The molecule has 0 amide bonds. The Hall–Kier alpha value is -2.02. The molecule has 1 heterocycles. The number of hydrogen-bond donors (Lipinski definition) is 1. The fourth-order valence-corrected chi connectivity index (χ4v) is 2.74. The highest BCUT2D eigenvalue weighted by molar-refractivity contribution is 5.82. The molecule has 23 heavy (non-hydrogen) atoms. The Labute approximate surface area is 132 Å². The Morgan fingerprint density at radius 1 is 1.22 bits per heavy atom. The molecule has 0 saturated carbocycles. The zero-order valence-electron chi connectivity index (χ0n) is 12.5. The van der Waals surface area contributed by atoms with Crippen molar-refractivity contribution in [1.82, 2.24) is 4.90 Å². The predicted octanol–water partition coefficient (Wildman–Crippen LogP) is 1.67. The SMILES string of the molecule is O=C(O)[C@H]1CN(CC(F)F)C[C@H]1C(=O)OCCc1ccccc1. The third kappa shape index (κ3) is 4.99. The van der Waals surface area contributed by atoms with Gasteiger partial charge in [0.15, 0.2) is 0 Å². The summed E-state index contributed by atoms with van der Waals surface area (Å²) in [5.74, 6) is -3.70. The first-order valence-electron chi connectivity index (χ1n) is 7.41. The number of halogens is 2. The standard InChI is InChI=1S/C16H19F2NO4/c17-14(18)10-19-8-12(15(20)21)13(9-19)16(22)23-7-6-11-4-2-1-3-5-11/h1-5,12-14H,6-10H2,(H,20,21)/t12-,13+/m0/s1. The van der Waals surface area contributed by atoms with E-state index < -0.39 is 36.7 Å². The Balaban J connectivity index is 1.87. The van der Waals surface area contributed by atoms with E-state index in [1.807, 2.05) is 30.3 Å². The van der Waals surface area contributed by atoms with Gasteiger partial charge in [-0.1, -0.05) is 30.3 Å². The van der Waals surface area contributed by atoms with Crippen LogP contribution in [0.15, 0.2) is 30.3 Å². The molecule has 2 rings (SSSR count). The number of benzene rings is 1. The van der Waals surface area contributed by atoms with Gasteiger partial charge >= 0.3 is 11.9 Å². The lowest BCUT2D eigenvalue weighted by Gasteiger charge is -2.14. The third-order valence-electron chi connectivity index (χ3n) is 3.89. The zero-order valence-corrected chi connectivity index (χ0v) is 12.5. The van der Waals surface area contributed by atoms with Crippen molar-refractivity contribution in [3.63, 3.8) is 0 Å². The van der Waals surface area contributed by atoms with Gasteiger partial charge in [-0.25, -0.2) is 8.78 Å². The largest absolute Gasteiger partial charge is 0.481 e. The van der Waals surface area contributed by atoms with Gasteiger partial charge in [0.05, 0.1) is 25.0 Å². The average Bonchev–Trinajstić information content (AvgIpc) is 2.91. The van der Waals surface area contributed by atoms with Gasteiger partial charge in [0.2, 0.25) is 0 Å². The molecule has 0 aliphatic carbocycles. The minimum Gasteiger partial charge on any atom is -0.481 e. The minimum atomic E-state index is -2.56. The summed E-state index contributed by atoms with van der Waals surface area (Å²) < 4.78 is 30.0. The van der Waals surface area contributed by atoms with E-state index >= 15 is 0 Å². The number of carbonyl (C=O) groups excluding carboxylic acids is 1. The summed E-state index contributed by atoms with van der Waals surface area (Å²) in [5.41, 5.74) is 1.00. The van der Waals surface area contributed by atoms with Crippen molar-refractivity contribution >= 4 is 11.9 Å². The number of carbonyl (C=O) groups is 2. The van der Waals surface area contributed by atoms with Crippen molar-refractivity contribution in [2.24, 2.45) is 11.8 Å². The zero-order chi connectivity index (χ0) is 16.8. The van der Waals surface area contributed by atoms with Crippen molar-refractivity contribution in [3.05, 3.63) is 35.9 Å². The van der Waals surface area contributed by atoms with E-state index in [1.165, 1.54) is 4.90 Å². The molecule has 0 radical (unpaired) electrons. The molecule has 0 bridgehead atoms. The van der Waals surface area contributed by atoms with Crippen LogP contribution in [0.5, 0.6) is 0 Å². The molecule has 1 aliphatic rings. The highest BCUT2D eigenvalue weighted by Gasteiger charge is 2.43. The van der Waals surface area contributed by atoms with Crippen molar-refractivity contribution in [1.29, 1.82) is 0 Å². The van der Waals surface area contributed by atoms with E-state index in [1.54, 1.807) is 0 Å². The van der Waals surface area contributed by atoms with Crippen LogP contribution in [0.1, 0.15) is 5.56 Å². The minimum absolute atomic E-state index is 0.00846. The maximum atomic E-state index is 12.4. The van der Waals surface area contributed by atoms with Gasteiger partial charge in [-0.3, -0.25) is 14.5 Å². The average molecular weight is 327 g/mol. The van der Waals surface area contributed by atoms with Crippen LogP contribution >= 0.6 is 0 Å². The van der Waals surface area contributed by atoms with E-state index in [0.717, 1.165) is 5.56 Å². The molecule has 0 spiro atoms. The number of aliphatic carboxylic acids is 1. The lowest BCUT2D eigenvalue weighted by Crippen LogP contribution is -2.30. The van der Waals surface area contributed by atoms with Crippen molar-refractivity contribution in [2.45, 2.75) is 12.8 Å². The molecule has 1 aliphatic heterocycles. The number of ether oxygens (including phenoxy) is 1. The van der Waals surface area contributed by atoms with Crippen molar-refractivity contribution in [3.8, 4) is 0 Å². The Morgan fingerprint density at radius 2 is 1.87 bits per heavy atom. The Bertz CT molecular complexity index is 538. The van der Waals surface area contributed by atoms with E-state index in [2.05, 4.69) is 0 Å². The summed E-state index contributed by atoms with van der Waals surface area (Å²) >= 11 is 0. The maximum Gasteiger partial charge on any atom is 0.311 e. The lowest BCUT2D eigenvalue weighted by atomic mass is 9.96. The van der Waals surface area contributed by atoms with Crippen LogP contribution in [0.3, 0.4) is 0 Å². The quantitative estimate of drug-likeness (QED) is 0.772. The number of esters is 1. The van der Waals surface area contributed by atoms with Crippen LogP contribution in [-0.2, 0) is 20.7 Å². The molecule has 0 unspecified atom stereocenters. The number of rotatable bonds is 7. The fraction of sp³-hybridized carbons (Fsp3) is 0.500. The summed E-state index contributed by atoms with van der Waals surface area (Å²) in [4.78, 5) is 24.6. The second kappa shape index (κ2) is 8.01. The summed E-state index contributed by atoms with van der Waals surface area (Å²) in [5, 5.41) is 9.17. The summed E-state index contributed by atoms with van der Waals surface area (Å²) in [7, 11) is 0. The molecular weight excluding hydrogens is 308 g/mol. The second-order valence-corrected chi connectivity index (χ2v) is 5.56. The summed E-state index contributed by atoms with van der Waals surface area (Å²) in [6, 6.07) is 9.42. The van der Waals surface area contributed by atoms with Crippen LogP contribution in [0.25, 0.3) is 0 Å². The van der Waals surface area contributed by atoms with E-state index in [4.69, 9.17) is 9.84 Å². The monoisotopic (exact) mass is 327 g/mol. The van der Waals surface area contributed by atoms with Crippen LogP contribution < -0.4 is 0 Å². The molecule has 7 heteroatoms. The van der Waals surface area contributed by atoms with Crippen molar-refractivity contribution < 1.29 is 28.2 Å². The van der Waals surface area contributed by atoms with E-state index in [-0.39, 0.29) is 19.7 Å². The number of nitrogens with zero attached hydrogens (tertiary/aromatic N) is 1. The predicted molar refractivity (Wildman–Crippen MR) is 78.2 cm³/mol. The third-order valence-corrected chi connectivity index (χ3v) is 3.89. The van der Waals surface area contributed by atoms with Gasteiger partial charge in [-0.2, -0.15) is 0 Å². The van der Waals surface area contributed by atoms with Gasteiger partial charge in [0.1, 0.15) is 0 Å². The molecular formula is C16H19F2NO4. The number of hydrogen-bond acceptors (Lipinski definition) is 4. The molecule has 5 nitrogen and oxygen atoms in total. The first-order valence-corrected chi connectivity index (χ1v) is 7.41. The fourth-order valence-electron chi connectivity index (χ4n) is 2.74. The number of carboxylic acids is 1. The molecule has 1 fully saturated rings. The van der Waals surface area contributed by atoms with Crippen molar-refractivity contribution in [2.75, 3.05) is 26.2 Å². The van der Waals surface area contributed by atoms with Gasteiger partial charge in [-0.15, -0.1) is 0 Å². The van der Waals surface area contributed by atoms with E-state index in [0.29, 0.717) is 6.42 Å². The topological polar surface area (TPSA) is 66.8 Å². The maximum absolute atomic E-state index is 12.4. The highest BCUT2D eigenvalue weighted by Crippen LogP contribution is 2.25. The highest BCUT2D eigenvalue weighted by atomic mass is 19.3. The molecule has 1 saturated heterocycles. The van der Waals surface area contributed by atoms with E-state index in [9.17, 15) is 18.4 Å². The lowest BCUT2D eigenvalue weighted by molar-refractivity contribution is -0.155. The first-order chi connectivity index (χ1) is 11.0. The van der Waals surface area contributed by atoms with Crippen LogP contribution in [0.2, 0.25) is 0 Å². The van der Waals surface area contributed by atoms with Gasteiger partial charge in [0.25, 0.3) is 6.43 Å². The molecule has 2 atom stereocenters. The first kappa shape index (κ1) is 17.3. The number of likely N-dealkylation sites (tertiary alicyclic amines) is 1. The van der Waals surface area contributed by atoms with Gasteiger partial charge < -0.3 is 9.84 Å². The summed E-state index contributed by atoms with van der Waals surface area (Å²) in [6.07, 6.45) is -2.03. The molecule has 126 valence electrons. The molecule has 1 aromatic carbocycles. The van der Waals surface area contributed by atoms with Crippen LogP contribution in [0.4, 0.5) is 8.78 Å². The molecule has 1 aromatic rings. The smallest absolute Gasteiger partial charge is 0.311 e. The van der Waals surface area contributed by atoms with Crippen LogP contribution in [0, 0.1) is 11.8 Å². The summed E-state index contributed by atoms with van der Waals surface area (Å²) in [6.45, 7) is -0.457. The Kier molecular flexibility index (Phi) is 6.04. The van der Waals surface area contributed by atoms with Gasteiger partial charge in [-0.05, 0) is 5.56 Å². The van der Waals surface area contributed by atoms with Crippen LogP contribution in [-0.4, -0.2) is 54.6 Å². The second-order valence-electron chi connectivity index (χ2n) is 5.56.